The lowest BCUT2D eigenvalue weighted by Crippen LogP contribution is -2.29. The summed E-state index contributed by atoms with van der Waals surface area (Å²) >= 11 is 5.63. The van der Waals surface area contributed by atoms with Crippen LogP contribution in [0, 0.1) is 4.77 Å². The van der Waals surface area contributed by atoms with E-state index in [4.69, 9.17) is 26.8 Å². The second kappa shape index (κ2) is 10.8. The van der Waals surface area contributed by atoms with E-state index in [0.29, 0.717) is 37.6 Å². The van der Waals surface area contributed by atoms with Crippen LogP contribution in [-0.4, -0.2) is 50.5 Å². The van der Waals surface area contributed by atoms with Crippen molar-refractivity contribution in [1.82, 2.24) is 24.2 Å². The van der Waals surface area contributed by atoms with Crippen LogP contribution in [0.5, 0.6) is 5.75 Å². The molecule has 8 nitrogen and oxygen atoms in total. The molecule has 3 rings (SSSR count). The molecule has 0 radical (unpaired) electrons. The second-order valence-electron chi connectivity index (χ2n) is 7.00. The Bertz CT molecular complexity index is 1050. The first-order chi connectivity index (χ1) is 15.0. The fraction of sp³-hybridized carbons (Fsp3) is 0.364. The predicted octanol–water partition coefficient (Wildman–Crippen LogP) is 3.43. The van der Waals surface area contributed by atoms with E-state index < -0.39 is 0 Å². The van der Waals surface area contributed by atoms with Gasteiger partial charge in [-0.15, -0.1) is 0 Å². The van der Waals surface area contributed by atoms with Gasteiger partial charge in [-0.3, -0.25) is 14.7 Å². The lowest BCUT2D eigenvalue weighted by Gasteiger charge is -2.21. The number of ether oxygens (including phenoxy) is 2. The van der Waals surface area contributed by atoms with Gasteiger partial charge >= 0.3 is 5.97 Å². The maximum absolute atomic E-state index is 11.9. The van der Waals surface area contributed by atoms with Crippen molar-refractivity contribution in [3.63, 3.8) is 0 Å². The van der Waals surface area contributed by atoms with E-state index in [-0.39, 0.29) is 5.97 Å². The highest BCUT2D eigenvalue weighted by Gasteiger charge is 2.15. The van der Waals surface area contributed by atoms with Gasteiger partial charge in [-0.2, -0.15) is 5.10 Å². The van der Waals surface area contributed by atoms with Crippen molar-refractivity contribution in [2.45, 2.75) is 26.6 Å². The zero-order chi connectivity index (χ0) is 22.2. The van der Waals surface area contributed by atoms with Gasteiger partial charge in [0, 0.05) is 38.1 Å². The summed E-state index contributed by atoms with van der Waals surface area (Å²) in [6, 6.07) is 11.6. The fourth-order valence-electron chi connectivity index (χ4n) is 3.19. The van der Waals surface area contributed by atoms with Crippen LogP contribution in [-0.2, 0) is 29.8 Å². The van der Waals surface area contributed by atoms with Gasteiger partial charge < -0.3 is 14.0 Å². The minimum absolute atomic E-state index is 0.220. The number of hydrogen-bond donors (Lipinski definition) is 0. The number of rotatable bonds is 10. The maximum atomic E-state index is 11.9. The number of nitrogens with zero attached hydrogens (tertiary/aromatic N) is 5. The third kappa shape index (κ3) is 5.99. The summed E-state index contributed by atoms with van der Waals surface area (Å²) in [4.78, 5) is 18.2. The Hall–Kier alpha value is -3.04. The summed E-state index contributed by atoms with van der Waals surface area (Å²) in [5.74, 6) is 1.33. The third-order valence-corrected chi connectivity index (χ3v) is 5.27. The van der Waals surface area contributed by atoms with Crippen LogP contribution in [0.2, 0.25) is 0 Å². The smallest absolute Gasteiger partial charge is 0.307 e. The molecule has 0 atom stereocenters. The molecule has 0 saturated heterocycles. The molecule has 0 saturated carbocycles. The highest BCUT2D eigenvalue weighted by atomic mass is 32.1. The molecule has 31 heavy (non-hydrogen) atoms. The van der Waals surface area contributed by atoms with Crippen LogP contribution in [0.1, 0.15) is 18.9 Å². The van der Waals surface area contributed by atoms with Gasteiger partial charge in [-0.25, -0.2) is 4.68 Å². The molecule has 9 heteroatoms. The SMILES string of the molecule is CCOC(=O)CCN(Cc1cccnc1)Cn1nc(-c2ccc(OC)cc2)n(C)c1=S. The molecule has 0 unspecified atom stereocenters. The number of methoxy groups -OCH3 is 1. The highest BCUT2D eigenvalue weighted by Crippen LogP contribution is 2.21. The minimum Gasteiger partial charge on any atom is -0.497 e. The quantitative estimate of drug-likeness (QED) is 0.352. The van der Waals surface area contributed by atoms with E-state index in [1.807, 2.05) is 54.2 Å². The van der Waals surface area contributed by atoms with Crippen molar-refractivity contribution in [2.24, 2.45) is 7.05 Å². The number of pyridine rings is 1. The largest absolute Gasteiger partial charge is 0.497 e. The first kappa shape index (κ1) is 22.6. The number of carbonyl (C=O) groups is 1. The van der Waals surface area contributed by atoms with Gasteiger partial charge in [0.15, 0.2) is 10.6 Å². The molecular formula is C22H27N5O3S. The van der Waals surface area contributed by atoms with Gasteiger partial charge in [-0.05, 0) is 55.0 Å². The Morgan fingerprint density at radius 1 is 1.23 bits per heavy atom. The molecule has 0 aliphatic carbocycles. The number of hydrogen-bond acceptors (Lipinski definition) is 7. The van der Waals surface area contributed by atoms with E-state index in [0.717, 1.165) is 22.7 Å². The van der Waals surface area contributed by atoms with Crippen molar-refractivity contribution in [3.8, 4) is 17.1 Å². The normalized spacial score (nSPS) is 11.0. The lowest BCUT2D eigenvalue weighted by molar-refractivity contribution is -0.143. The molecule has 3 aromatic rings. The molecule has 2 heterocycles. The fourth-order valence-corrected chi connectivity index (χ4v) is 3.38. The van der Waals surface area contributed by atoms with E-state index in [2.05, 4.69) is 9.88 Å². The summed E-state index contributed by atoms with van der Waals surface area (Å²) in [5, 5.41) is 4.74. The molecule has 164 valence electrons. The molecule has 0 spiro atoms. The Balaban J connectivity index is 1.82. The summed E-state index contributed by atoms with van der Waals surface area (Å²) in [7, 11) is 3.54. The monoisotopic (exact) mass is 441 g/mol. The molecule has 2 aromatic heterocycles. The molecule has 0 bridgehead atoms. The zero-order valence-corrected chi connectivity index (χ0v) is 18.8. The van der Waals surface area contributed by atoms with Gasteiger partial charge in [0.05, 0.1) is 26.8 Å². The van der Waals surface area contributed by atoms with Crippen LogP contribution in [0.25, 0.3) is 11.4 Å². The Kier molecular flexibility index (Phi) is 7.91. The number of esters is 1. The van der Waals surface area contributed by atoms with Crippen LogP contribution in [0.15, 0.2) is 48.8 Å². The summed E-state index contributed by atoms with van der Waals surface area (Å²) in [6.07, 6.45) is 3.85. The average molecular weight is 442 g/mol. The molecule has 0 aliphatic rings. The lowest BCUT2D eigenvalue weighted by atomic mass is 10.2. The molecule has 0 fully saturated rings. The van der Waals surface area contributed by atoms with Crippen molar-refractivity contribution in [1.29, 1.82) is 0 Å². The van der Waals surface area contributed by atoms with Gasteiger partial charge in [-0.1, -0.05) is 6.07 Å². The van der Waals surface area contributed by atoms with E-state index in [9.17, 15) is 4.79 Å². The first-order valence-corrected chi connectivity index (χ1v) is 10.5. The first-order valence-electron chi connectivity index (χ1n) is 10.1. The average Bonchev–Trinajstić information content (AvgIpc) is 3.07. The molecule has 1 aromatic carbocycles. The van der Waals surface area contributed by atoms with Crippen LogP contribution in [0.3, 0.4) is 0 Å². The van der Waals surface area contributed by atoms with Gasteiger partial charge in [0.25, 0.3) is 0 Å². The van der Waals surface area contributed by atoms with Gasteiger partial charge in [0.2, 0.25) is 0 Å². The number of carbonyl (C=O) groups excluding carboxylic acids is 1. The van der Waals surface area contributed by atoms with Crippen molar-refractivity contribution in [3.05, 3.63) is 59.1 Å². The topological polar surface area (TPSA) is 74.4 Å². The van der Waals surface area contributed by atoms with Crippen molar-refractivity contribution < 1.29 is 14.3 Å². The minimum atomic E-state index is -0.220. The zero-order valence-electron chi connectivity index (χ0n) is 18.0. The van der Waals surface area contributed by atoms with E-state index >= 15 is 0 Å². The van der Waals surface area contributed by atoms with E-state index in [1.54, 1.807) is 24.9 Å². The van der Waals surface area contributed by atoms with Crippen molar-refractivity contribution >= 4 is 18.2 Å². The Morgan fingerprint density at radius 3 is 2.65 bits per heavy atom. The standard InChI is InChI=1S/C22H27N5O3S/c1-4-30-20(28)11-13-26(15-17-6-5-12-23-14-17)16-27-22(31)25(2)21(24-27)18-7-9-19(29-3)10-8-18/h5-10,12,14H,4,11,13,15-16H2,1-3H3. The molecule has 0 amide bonds. The Morgan fingerprint density at radius 2 is 2.00 bits per heavy atom. The summed E-state index contributed by atoms with van der Waals surface area (Å²) in [6.45, 7) is 3.75. The predicted molar refractivity (Wildman–Crippen MR) is 120 cm³/mol. The van der Waals surface area contributed by atoms with Crippen LogP contribution in [0.4, 0.5) is 0 Å². The molecule has 0 N–H and O–H groups in total. The number of aromatic nitrogens is 4. The second-order valence-corrected chi connectivity index (χ2v) is 7.37. The molecule has 0 aliphatic heterocycles. The van der Waals surface area contributed by atoms with Crippen LogP contribution >= 0.6 is 12.2 Å². The van der Waals surface area contributed by atoms with Crippen LogP contribution < -0.4 is 4.74 Å². The third-order valence-electron chi connectivity index (χ3n) is 4.79. The van der Waals surface area contributed by atoms with E-state index in [1.165, 1.54) is 0 Å². The van der Waals surface area contributed by atoms with Crippen molar-refractivity contribution in [2.75, 3.05) is 20.3 Å². The number of benzene rings is 1. The Labute approximate surface area is 187 Å². The summed E-state index contributed by atoms with van der Waals surface area (Å²) in [5.41, 5.74) is 1.99. The highest BCUT2D eigenvalue weighted by molar-refractivity contribution is 7.71. The maximum Gasteiger partial charge on any atom is 0.307 e. The summed E-state index contributed by atoms with van der Waals surface area (Å²) < 4.78 is 14.6. The van der Waals surface area contributed by atoms with Gasteiger partial charge in [0.1, 0.15) is 5.75 Å². The molecular weight excluding hydrogens is 414 g/mol.